The summed E-state index contributed by atoms with van der Waals surface area (Å²) in [6.07, 6.45) is 1.18. The maximum absolute atomic E-state index is 5.46. The van der Waals surface area contributed by atoms with Crippen molar-refractivity contribution in [3.05, 3.63) is 0 Å². The molecule has 0 radical (unpaired) electrons. The third-order valence-corrected chi connectivity index (χ3v) is 2.42. The maximum atomic E-state index is 5.46. The van der Waals surface area contributed by atoms with Crippen LogP contribution in [0.3, 0.4) is 0 Å². The van der Waals surface area contributed by atoms with Gasteiger partial charge in [-0.25, -0.2) is 0 Å². The van der Waals surface area contributed by atoms with Gasteiger partial charge in [-0.05, 0) is 0 Å². The van der Waals surface area contributed by atoms with E-state index in [4.69, 9.17) is 7.32 Å². The van der Waals surface area contributed by atoms with Gasteiger partial charge in [0.15, 0.2) is 0 Å². The van der Waals surface area contributed by atoms with Crippen LogP contribution < -0.4 is 0 Å². The van der Waals surface area contributed by atoms with Crippen LogP contribution in [0.5, 0.6) is 0 Å². The summed E-state index contributed by atoms with van der Waals surface area (Å²) >= 11 is -0.346. The Hall–Kier alpha value is 0.504. The second-order valence-corrected chi connectivity index (χ2v) is 5.76. The Labute approximate surface area is 90.2 Å². The van der Waals surface area contributed by atoms with Crippen LogP contribution in [-0.4, -0.2) is 13.2 Å². The van der Waals surface area contributed by atoms with E-state index in [-0.39, 0.29) is 22.4 Å². The van der Waals surface area contributed by atoms with E-state index in [0.717, 1.165) is 13.2 Å². The summed E-state index contributed by atoms with van der Waals surface area (Å²) in [5.41, 5.74) is 0.259. The standard InChI is InChI=1S/2C5H11O.V/c1-5(2,3)4-6;1-3-5(2)4-6;/h4H2,1-3H3;5H,3-4H2,1-2H3;/q2*-1;+2. The molecule has 0 bridgehead atoms. The summed E-state index contributed by atoms with van der Waals surface area (Å²) in [6.45, 7) is 12.5. The van der Waals surface area contributed by atoms with Crippen LogP contribution in [-0.2, 0) is 24.3 Å². The van der Waals surface area contributed by atoms with Gasteiger partial charge in [-0.2, -0.15) is 0 Å². The molecule has 0 aliphatic carbocycles. The van der Waals surface area contributed by atoms with Crippen molar-refractivity contribution in [2.45, 2.75) is 41.0 Å². The van der Waals surface area contributed by atoms with Gasteiger partial charge in [0.1, 0.15) is 0 Å². The van der Waals surface area contributed by atoms with Crippen LogP contribution in [0.15, 0.2) is 0 Å². The van der Waals surface area contributed by atoms with E-state index in [1.807, 2.05) is 0 Å². The molecule has 0 heterocycles. The van der Waals surface area contributed by atoms with Crippen LogP contribution in [0.2, 0.25) is 0 Å². The number of rotatable bonds is 6. The van der Waals surface area contributed by atoms with Crippen molar-refractivity contribution >= 4 is 0 Å². The predicted molar refractivity (Wildman–Crippen MR) is 50.8 cm³/mol. The Balaban J connectivity index is 3.18. The van der Waals surface area contributed by atoms with E-state index in [1.54, 1.807) is 0 Å². The molecular weight excluding hydrogens is 203 g/mol. The molecule has 0 amide bonds. The second-order valence-electron chi connectivity index (χ2n) is 4.72. The van der Waals surface area contributed by atoms with E-state index in [1.165, 1.54) is 6.42 Å². The Kier molecular flexibility index (Phi) is 7.15. The molecule has 0 aliphatic heterocycles. The molecule has 13 heavy (non-hydrogen) atoms. The van der Waals surface area contributed by atoms with E-state index in [9.17, 15) is 0 Å². The van der Waals surface area contributed by atoms with Gasteiger partial charge >= 0.3 is 89.9 Å². The summed E-state index contributed by atoms with van der Waals surface area (Å²) in [5.74, 6) is 0.661. The fraction of sp³-hybridized carbons (Fsp3) is 1.00. The molecule has 0 aromatic rings. The van der Waals surface area contributed by atoms with Crippen LogP contribution >= 0.6 is 0 Å². The summed E-state index contributed by atoms with van der Waals surface area (Å²) in [6, 6.07) is 0. The van der Waals surface area contributed by atoms with Crippen molar-refractivity contribution < 1.29 is 24.3 Å². The Bertz CT molecular complexity index is 121. The van der Waals surface area contributed by atoms with E-state index < -0.39 is 0 Å². The molecular formula is C10H22O2V. The summed E-state index contributed by atoms with van der Waals surface area (Å²) < 4.78 is 10.9. The molecule has 0 rings (SSSR count). The first kappa shape index (κ1) is 13.5. The monoisotopic (exact) mass is 225 g/mol. The average Bonchev–Trinajstić information content (AvgIpc) is 2.01. The number of hydrogen-bond acceptors (Lipinski definition) is 2. The SMILES string of the molecule is CCC(C)C[O][V][O]CC(C)(C)C. The topological polar surface area (TPSA) is 18.5 Å². The summed E-state index contributed by atoms with van der Waals surface area (Å²) in [4.78, 5) is 0. The van der Waals surface area contributed by atoms with Gasteiger partial charge in [-0.15, -0.1) is 0 Å². The average molecular weight is 225 g/mol. The van der Waals surface area contributed by atoms with Gasteiger partial charge in [-0.3, -0.25) is 0 Å². The molecule has 0 aromatic heterocycles. The fourth-order valence-electron chi connectivity index (χ4n) is 0.533. The first-order valence-corrected chi connectivity index (χ1v) is 6.04. The van der Waals surface area contributed by atoms with Crippen molar-refractivity contribution in [1.82, 2.24) is 0 Å². The van der Waals surface area contributed by atoms with Crippen LogP contribution in [0, 0.1) is 11.3 Å². The normalized spacial score (nSPS) is 14.2. The van der Waals surface area contributed by atoms with Crippen molar-refractivity contribution in [2.24, 2.45) is 11.3 Å². The van der Waals surface area contributed by atoms with Gasteiger partial charge in [0.2, 0.25) is 0 Å². The van der Waals surface area contributed by atoms with Gasteiger partial charge < -0.3 is 0 Å². The first-order valence-electron chi connectivity index (χ1n) is 4.90. The number of hydrogen-bond donors (Lipinski definition) is 0. The zero-order valence-electron chi connectivity index (χ0n) is 9.46. The summed E-state index contributed by atoms with van der Waals surface area (Å²) in [5, 5.41) is 0. The molecule has 3 heteroatoms. The Morgan fingerprint density at radius 3 is 2.31 bits per heavy atom. The van der Waals surface area contributed by atoms with Gasteiger partial charge in [0.05, 0.1) is 0 Å². The molecule has 79 valence electrons. The molecule has 0 spiro atoms. The molecule has 0 aromatic carbocycles. The molecule has 0 saturated carbocycles. The van der Waals surface area contributed by atoms with Crippen LogP contribution in [0.25, 0.3) is 0 Å². The fourth-order valence-corrected chi connectivity index (χ4v) is 1.83. The molecule has 1 atom stereocenters. The minimum atomic E-state index is -0.346. The van der Waals surface area contributed by atoms with Crippen molar-refractivity contribution in [2.75, 3.05) is 13.2 Å². The van der Waals surface area contributed by atoms with Crippen molar-refractivity contribution in [3.8, 4) is 0 Å². The zero-order valence-corrected chi connectivity index (χ0v) is 10.9. The van der Waals surface area contributed by atoms with Crippen LogP contribution in [0.1, 0.15) is 41.0 Å². The molecule has 0 aliphatic rings. The molecule has 0 N–H and O–H groups in total. The van der Waals surface area contributed by atoms with Gasteiger partial charge in [0, 0.05) is 0 Å². The van der Waals surface area contributed by atoms with Crippen molar-refractivity contribution in [3.63, 3.8) is 0 Å². The van der Waals surface area contributed by atoms with Gasteiger partial charge in [-0.1, -0.05) is 0 Å². The minimum absolute atomic E-state index is 0.259. The molecule has 1 unspecified atom stereocenters. The molecule has 0 fully saturated rings. The Morgan fingerprint density at radius 1 is 1.23 bits per heavy atom. The zero-order chi connectivity index (χ0) is 10.3. The summed E-state index contributed by atoms with van der Waals surface area (Å²) in [7, 11) is 0. The van der Waals surface area contributed by atoms with E-state index >= 15 is 0 Å². The Morgan fingerprint density at radius 2 is 1.85 bits per heavy atom. The third-order valence-electron chi connectivity index (χ3n) is 1.66. The van der Waals surface area contributed by atoms with Gasteiger partial charge in [0.25, 0.3) is 0 Å². The van der Waals surface area contributed by atoms with E-state index in [2.05, 4.69) is 34.6 Å². The van der Waals surface area contributed by atoms with Crippen molar-refractivity contribution in [1.29, 1.82) is 0 Å². The first-order chi connectivity index (χ1) is 5.95. The third kappa shape index (κ3) is 10.4. The second kappa shape index (κ2) is 6.88. The molecule has 2 nitrogen and oxygen atoms in total. The quantitative estimate of drug-likeness (QED) is 0.647. The van der Waals surface area contributed by atoms with E-state index in [0.29, 0.717) is 5.92 Å². The predicted octanol–water partition coefficient (Wildman–Crippen LogP) is 3.02. The molecule has 0 saturated heterocycles. The van der Waals surface area contributed by atoms with Crippen LogP contribution in [0.4, 0.5) is 0 Å².